The minimum Gasteiger partial charge on any atom is -0.495 e. The summed E-state index contributed by atoms with van der Waals surface area (Å²) in [5.41, 5.74) is 5.87. The van der Waals surface area contributed by atoms with E-state index in [1.165, 1.54) is 4.90 Å². The van der Waals surface area contributed by atoms with Crippen molar-refractivity contribution < 1.29 is 38.6 Å². The number of carbonyl (C=O) groups is 5. The fraction of sp³-hybridized carbons (Fsp3) is 0.571. The number of amides is 5. The number of benzene rings is 2. The first-order valence-electron chi connectivity index (χ1n) is 27.1. The number of hydrogen-bond acceptors (Lipinski definition) is 15. The number of methoxy groups -OCH3 is 1. The highest BCUT2D eigenvalue weighted by Crippen LogP contribution is 2.41. The van der Waals surface area contributed by atoms with Crippen LogP contribution >= 0.6 is 11.3 Å². The van der Waals surface area contributed by atoms with Gasteiger partial charge in [0.15, 0.2) is 5.82 Å². The standard InChI is InChI=1S/C56H77N11O8S/c1-8-43-53(72)64(6)45-31-58-55(63-50(45)67(43)40-14-10-11-15-40)61-42-21-20-38(28-46(42)74-7)51(70)60-39-22-25-65(26-23-39)24-12-9-13-27-75-33-47(69)62-49(56(3,4)5)54(73)66-32-41(68)29-44(66)52(71)57-30-36-16-18-37(19-17-36)48-35(2)59-34-76-48/h16-21,28,31,34,39-41,43-44,49,68H,8-15,22-27,29-30,32-33H2,1-7H3,(H,57,71)(H,60,70)(H,62,69)(H,58,61,63)/t41-,43-,44+,49?/m1/s1. The number of nitrogens with one attached hydrogen (secondary N) is 4. The Balaban J connectivity index is 0.724. The summed E-state index contributed by atoms with van der Waals surface area (Å²) in [4.78, 5) is 90.1. The first kappa shape index (κ1) is 56.0. The number of carbonyl (C=O) groups excluding carboxylic acids is 5. The lowest BCUT2D eigenvalue weighted by molar-refractivity contribution is -0.144. The van der Waals surface area contributed by atoms with Gasteiger partial charge in [0, 0.05) is 63.9 Å². The van der Waals surface area contributed by atoms with Crippen LogP contribution in [-0.2, 0) is 30.5 Å². The number of likely N-dealkylation sites (tertiary alicyclic amines) is 2. The Morgan fingerprint density at radius 3 is 2.41 bits per heavy atom. The highest BCUT2D eigenvalue weighted by atomic mass is 32.1. The lowest BCUT2D eigenvalue weighted by atomic mass is 9.85. The van der Waals surface area contributed by atoms with Gasteiger partial charge in [-0.05, 0) is 99.6 Å². The van der Waals surface area contributed by atoms with Crippen LogP contribution in [0.3, 0.4) is 0 Å². The molecule has 3 aliphatic heterocycles. The first-order valence-corrected chi connectivity index (χ1v) is 27.9. The molecule has 2 saturated heterocycles. The molecule has 19 nitrogen and oxygen atoms in total. The summed E-state index contributed by atoms with van der Waals surface area (Å²) in [6, 6.07) is 11.4. The molecular weight excluding hydrogens is 987 g/mol. The van der Waals surface area contributed by atoms with Gasteiger partial charge in [-0.1, -0.05) is 64.8 Å². The van der Waals surface area contributed by atoms with Crippen LogP contribution in [0, 0.1) is 12.3 Å². The van der Waals surface area contributed by atoms with E-state index >= 15 is 0 Å². The summed E-state index contributed by atoms with van der Waals surface area (Å²) >= 11 is 1.58. The summed E-state index contributed by atoms with van der Waals surface area (Å²) in [5, 5.41) is 22.9. The SMILES string of the molecule is CC[C@@H]1C(=O)N(C)c2cnc(Nc3ccc(C(=O)NC4CCN(CCCCCOCC(=O)NC(C(=O)N5C[C@H](O)C[C@H]5C(=O)NCc5ccc(-c6scnc6C)cc5)C(C)(C)C)CC4)cc3OC)nc2N1C1CCCC1. The van der Waals surface area contributed by atoms with E-state index in [-0.39, 0.29) is 62.0 Å². The quantitative estimate of drug-likeness (QED) is 0.0574. The molecule has 5 N–H and O–H groups in total. The number of unbranched alkanes of at least 4 members (excludes halogenated alkanes) is 2. The van der Waals surface area contributed by atoms with Crippen molar-refractivity contribution in [1.82, 2.24) is 40.7 Å². The Kier molecular flexibility index (Phi) is 18.6. The lowest BCUT2D eigenvalue weighted by Gasteiger charge is -2.43. The van der Waals surface area contributed by atoms with Gasteiger partial charge < -0.3 is 55.4 Å². The van der Waals surface area contributed by atoms with E-state index in [1.807, 2.05) is 64.4 Å². The molecule has 4 aliphatic rings. The second kappa shape index (κ2) is 25.3. The van der Waals surface area contributed by atoms with Crippen molar-refractivity contribution in [3.63, 3.8) is 0 Å². The monoisotopic (exact) mass is 1060 g/mol. The molecule has 0 radical (unpaired) electrons. The number of aromatic nitrogens is 3. The zero-order valence-electron chi connectivity index (χ0n) is 45.2. The predicted molar refractivity (Wildman–Crippen MR) is 294 cm³/mol. The molecule has 2 aromatic carbocycles. The van der Waals surface area contributed by atoms with E-state index < -0.39 is 35.4 Å². The molecule has 3 fully saturated rings. The molecule has 4 aromatic rings. The van der Waals surface area contributed by atoms with Crippen molar-refractivity contribution in [2.45, 2.75) is 148 Å². The van der Waals surface area contributed by atoms with Crippen molar-refractivity contribution in [1.29, 1.82) is 0 Å². The van der Waals surface area contributed by atoms with Crippen LogP contribution in [0.1, 0.15) is 120 Å². The highest BCUT2D eigenvalue weighted by Gasteiger charge is 2.45. The molecule has 410 valence electrons. The fourth-order valence-corrected chi connectivity index (χ4v) is 11.7. The van der Waals surface area contributed by atoms with Gasteiger partial charge >= 0.3 is 0 Å². The van der Waals surface area contributed by atoms with Crippen LogP contribution in [-0.4, -0.2) is 149 Å². The lowest BCUT2D eigenvalue weighted by Crippen LogP contribution is -2.58. The number of likely N-dealkylation sites (N-methyl/N-ethyl adjacent to an activating group) is 1. The number of aliphatic hydroxyl groups excluding tert-OH is 1. The number of aryl methyl sites for hydroxylation is 1. The predicted octanol–water partition coefficient (Wildman–Crippen LogP) is 6.35. The molecule has 5 amide bonds. The molecule has 1 aliphatic carbocycles. The Bertz CT molecular complexity index is 2660. The number of piperidine rings is 1. The van der Waals surface area contributed by atoms with Crippen molar-refractivity contribution in [2.75, 3.05) is 68.7 Å². The third-order valence-corrected chi connectivity index (χ3v) is 16.2. The Hall–Kier alpha value is -6.22. The maximum atomic E-state index is 14.0. The largest absolute Gasteiger partial charge is 0.495 e. The molecular formula is C56H77N11O8S. The summed E-state index contributed by atoms with van der Waals surface area (Å²) < 4.78 is 11.5. The summed E-state index contributed by atoms with van der Waals surface area (Å²) in [6.07, 6.45) is 10.3. The number of fused-ring (bicyclic) bond motifs is 1. The first-order chi connectivity index (χ1) is 36.5. The smallest absolute Gasteiger partial charge is 0.251 e. The topological polar surface area (TPSA) is 224 Å². The van der Waals surface area contributed by atoms with Gasteiger partial charge in [-0.25, -0.2) is 9.97 Å². The van der Waals surface area contributed by atoms with Gasteiger partial charge in [-0.3, -0.25) is 24.0 Å². The third-order valence-electron chi connectivity index (χ3n) is 15.3. The summed E-state index contributed by atoms with van der Waals surface area (Å²) in [5.74, 6) is 0.324. The molecule has 20 heteroatoms. The number of anilines is 4. The van der Waals surface area contributed by atoms with Crippen molar-refractivity contribution in [3.8, 4) is 16.2 Å². The van der Waals surface area contributed by atoms with Gasteiger partial charge in [0.25, 0.3) is 5.91 Å². The van der Waals surface area contributed by atoms with Gasteiger partial charge in [-0.15, -0.1) is 11.3 Å². The minimum atomic E-state index is -0.939. The van der Waals surface area contributed by atoms with Crippen LogP contribution in [0.5, 0.6) is 5.75 Å². The van der Waals surface area contributed by atoms with E-state index in [2.05, 4.69) is 41.0 Å². The molecule has 0 spiro atoms. The Morgan fingerprint density at radius 1 is 0.974 bits per heavy atom. The third kappa shape index (κ3) is 13.5. The summed E-state index contributed by atoms with van der Waals surface area (Å²) in [7, 11) is 3.35. The van der Waals surface area contributed by atoms with Crippen molar-refractivity contribution in [3.05, 3.63) is 71.0 Å². The molecule has 2 aromatic heterocycles. The van der Waals surface area contributed by atoms with E-state index in [0.717, 1.165) is 105 Å². The highest BCUT2D eigenvalue weighted by molar-refractivity contribution is 7.13. The van der Waals surface area contributed by atoms with Gasteiger partial charge in [0.1, 0.15) is 36.2 Å². The zero-order valence-corrected chi connectivity index (χ0v) is 46.0. The maximum Gasteiger partial charge on any atom is 0.251 e. The molecule has 1 unspecified atom stereocenters. The van der Waals surface area contributed by atoms with Crippen LogP contribution in [0.4, 0.5) is 23.1 Å². The Morgan fingerprint density at radius 2 is 1.72 bits per heavy atom. The Labute approximate surface area is 450 Å². The van der Waals surface area contributed by atoms with Crippen LogP contribution in [0.2, 0.25) is 0 Å². The van der Waals surface area contributed by atoms with E-state index in [9.17, 15) is 29.1 Å². The summed E-state index contributed by atoms with van der Waals surface area (Å²) in [6.45, 7) is 12.7. The van der Waals surface area contributed by atoms with E-state index in [0.29, 0.717) is 41.7 Å². The average molecular weight is 1060 g/mol. The zero-order chi connectivity index (χ0) is 54.1. The number of hydrogen-bond donors (Lipinski definition) is 5. The molecule has 76 heavy (non-hydrogen) atoms. The van der Waals surface area contributed by atoms with E-state index in [1.54, 1.807) is 54.8 Å². The normalized spacial score (nSPS) is 19.9. The second-order valence-corrected chi connectivity index (χ2v) is 22.6. The molecule has 4 atom stereocenters. The van der Waals surface area contributed by atoms with Crippen molar-refractivity contribution in [2.24, 2.45) is 5.41 Å². The van der Waals surface area contributed by atoms with Crippen LogP contribution in [0.25, 0.3) is 10.4 Å². The molecule has 0 bridgehead atoms. The van der Waals surface area contributed by atoms with Crippen LogP contribution in [0.15, 0.2) is 54.2 Å². The number of aliphatic hydroxyl groups is 1. The number of nitrogens with zero attached hydrogens (tertiary/aromatic N) is 7. The molecule has 8 rings (SSSR count). The maximum absolute atomic E-state index is 14.0. The van der Waals surface area contributed by atoms with Gasteiger partial charge in [0.05, 0.1) is 41.2 Å². The molecule has 1 saturated carbocycles. The number of β-amino-alcohol motifs (C(OH)–C–C–N with tert-alkyl or cyclic N) is 1. The second-order valence-electron chi connectivity index (χ2n) is 21.8. The van der Waals surface area contributed by atoms with E-state index in [4.69, 9.17) is 14.5 Å². The molecule has 5 heterocycles. The van der Waals surface area contributed by atoms with Crippen molar-refractivity contribution >= 4 is 64.0 Å². The minimum absolute atomic E-state index is 0.00324. The van der Waals surface area contributed by atoms with Gasteiger partial charge in [0.2, 0.25) is 29.6 Å². The number of thiazole rings is 1. The fourth-order valence-electron chi connectivity index (χ4n) is 10.9. The van der Waals surface area contributed by atoms with Crippen LogP contribution < -0.4 is 35.8 Å². The van der Waals surface area contributed by atoms with Gasteiger partial charge in [-0.2, -0.15) is 4.98 Å². The number of ether oxygens (including phenoxy) is 2. The number of rotatable bonds is 21. The average Bonchev–Trinajstić information content (AvgIpc) is 4.21.